The van der Waals surface area contributed by atoms with Crippen LogP contribution in [0.2, 0.25) is 0 Å². The van der Waals surface area contributed by atoms with Gasteiger partial charge in [-0.3, -0.25) is 4.90 Å². The van der Waals surface area contributed by atoms with Gasteiger partial charge in [-0.05, 0) is 74.3 Å². The Kier molecular flexibility index (Phi) is 3.42. The highest BCUT2D eigenvalue weighted by Crippen LogP contribution is 2.46. The summed E-state index contributed by atoms with van der Waals surface area (Å²) in [6.45, 7) is 0. The van der Waals surface area contributed by atoms with Crippen molar-refractivity contribution < 1.29 is 8.42 Å². The molecule has 1 saturated heterocycles. The third-order valence-corrected chi connectivity index (χ3v) is 8.82. The van der Waals surface area contributed by atoms with E-state index in [0.717, 1.165) is 28.2 Å². The summed E-state index contributed by atoms with van der Waals surface area (Å²) in [7, 11) is 0.758. The lowest BCUT2D eigenvalue weighted by Crippen LogP contribution is -2.34. The monoisotopic (exact) mass is 405 g/mol. The Balaban J connectivity index is 1.53. The lowest BCUT2D eigenvalue weighted by Gasteiger charge is -2.32. The third kappa shape index (κ3) is 2.27. The molecule has 5 nitrogen and oxygen atoms in total. The largest absolute Gasteiger partial charge is 0.361 e. The first-order valence-corrected chi connectivity index (χ1v) is 11.6. The predicted octanol–water partition coefficient (Wildman–Crippen LogP) is 4.18. The average Bonchev–Trinajstić information content (AvgIpc) is 3.35. The summed E-state index contributed by atoms with van der Waals surface area (Å²) in [5, 5.41) is 2.00. The van der Waals surface area contributed by atoms with Gasteiger partial charge < -0.3 is 9.55 Å². The maximum Gasteiger partial charge on any atom is 0.206 e. The second kappa shape index (κ2) is 5.74. The summed E-state index contributed by atoms with van der Waals surface area (Å²) in [5.74, 6) is 0. The Hall–Kier alpha value is -2.57. The molecule has 0 radical (unpaired) electrons. The number of hydrogen-bond donors (Lipinski definition) is 1. The highest BCUT2D eigenvalue weighted by molar-refractivity contribution is 7.91. The number of nitrogens with zero attached hydrogens (tertiary/aromatic N) is 2. The number of hydrogen-bond acceptors (Lipinski definition) is 3. The first-order valence-electron chi connectivity index (χ1n) is 10.1. The molecular formula is C23H23N3O2S. The zero-order valence-electron chi connectivity index (χ0n) is 16.5. The first-order chi connectivity index (χ1) is 13.9. The van der Waals surface area contributed by atoms with Gasteiger partial charge in [0.05, 0.1) is 15.8 Å². The topological polar surface area (TPSA) is 58.1 Å². The Morgan fingerprint density at radius 2 is 1.79 bits per heavy atom. The number of aryl methyl sites for hydroxylation is 1. The van der Waals surface area contributed by atoms with Crippen LogP contribution in [0.25, 0.3) is 21.8 Å². The van der Waals surface area contributed by atoms with E-state index in [1.54, 1.807) is 18.2 Å². The predicted molar refractivity (Wildman–Crippen MR) is 114 cm³/mol. The van der Waals surface area contributed by atoms with Crippen molar-refractivity contribution in [3.8, 4) is 0 Å². The van der Waals surface area contributed by atoms with Crippen LogP contribution in [0.3, 0.4) is 0 Å². The van der Waals surface area contributed by atoms with E-state index in [4.69, 9.17) is 0 Å². The van der Waals surface area contributed by atoms with E-state index in [2.05, 4.69) is 28.5 Å². The summed E-state index contributed by atoms with van der Waals surface area (Å²) in [6.07, 6.45) is 5.22. The number of likely N-dealkylation sites (N-methyl/N-ethyl adjacent to an activating group) is 1. The van der Waals surface area contributed by atoms with Crippen LogP contribution in [-0.2, 0) is 23.3 Å². The van der Waals surface area contributed by atoms with Crippen LogP contribution in [0.5, 0.6) is 0 Å². The molecule has 0 amide bonds. The van der Waals surface area contributed by atoms with Crippen molar-refractivity contribution in [1.29, 1.82) is 0 Å². The molecule has 0 spiro atoms. The molecule has 2 aromatic carbocycles. The summed E-state index contributed by atoms with van der Waals surface area (Å²) in [6, 6.07) is 13.8. The molecule has 29 heavy (non-hydrogen) atoms. The molecular weight excluding hydrogens is 382 g/mol. The third-order valence-electron chi connectivity index (χ3n) is 7.07. The lowest BCUT2D eigenvalue weighted by atomic mass is 9.98. The molecule has 1 fully saturated rings. The molecule has 4 heterocycles. The van der Waals surface area contributed by atoms with Crippen molar-refractivity contribution in [3.05, 3.63) is 59.9 Å². The smallest absolute Gasteiger partial charge is 0.206 e. The van der Waals surface area contributed by atoms with Gasteiger partial charge in [0, 0.05) is 46.8 Å². The Labute approximate surface area is 169 Å². The molecule has 148 valence electrons. The number of H-pyrrole nitrogens is 1. The molecule has 4 aromatic rings. The SMILES string of the molecule is CN1[C@H]2CC[C@@H]1c1c(c3cc(S(=O)(=O)c4ccc5[nH]ccc5c4)ccc3n1C)C2. The lowest BCUT2D eigenvalue weighted by molar-refractivity contribution is 0.218. The van der Waals surface area contributed by atoms with E-state index in [0.29, 0.717) is 21.9 Å². The average molecular weight is 406 g/mol. The minimum absolute atomic E-state index is 0.341. The fourth-order valence-electron chi connectivity index (χ4n) is 5.48. The normalized spacial score (nSPS) is 21.9. The Morgan fingerprint density at radius 1 is 1.00 bits per heavy atom. The molecule has 0 unspecified atom stereocenters. The van der Waals surface area contributed by atoms with Crippen LogP contribution < -0.4 is 0 Å². The Bertz CT molecular complexity index is 1400. The molecule has 0 saturated carbocycles. The van der Waals surface area contributed by atoms with Gasteiger partial charge in [-0.1, -0.05) is 0 Å². The van der Waals surface area contributed by atoms with Crippen molar-refractivity contribution >= 4 is 31.6 Å². The first kappa shape index (κ1) is 17.3. The molecule has 0 aliphatic carbocycles. The van der Waals surface area contributed by atoms with Gasteiger partial charge >= 0.3 is 0 Å². The number of aromatic nitrogens is 2. The molecule has 2 aliphatic rings. The van der Waals surface area contributed by atoms with Crippen molar-refractivity contribution in [3.63, 3.8) is 0 Å². The number of sulfone groups is 1. The van der Waals surface area contributed by atoms with Gasteiger partial charge in [0.15, 0.2) is 0 Å². The van der Waals surface area contributed by atoms with Crippen LogP contribution in [0, 0.1) is 0 Å². The molecule has 6 heteroatoms. The van der Waals surface area contributed by atoms with Gasteiger partial charge in [-0.25, -0.2) is 8.42 Å². The maximum atomic E-state index is 13.4. The van der Waals surface area contributed by atoms with Crippen LogP contribution in [-0.4, -0.2) is 36.0 Å². The van der Waals surface area contributed by atoms with Gasteiger partial charge in [-0.15, -0.1) is 0 Å². The summed E-state index contributed by atoms with van der Waals surface area (Å²) in [5.41, 5.74) is 4.76. The number of nitrogens with one attached hydrogen (secondary N) is 1. The standard InChI is InChI=1S/C23H23N3O2S/c1-25-15-3-7-22(25)23-19(12-15)18-13-17(5-8-21(18)26(23)2)29(27,28)16-4-6-20-14(11-16)9-10-24-20/h4-6,8-11,13,15,22,24H,3,7,12H2,1-2H3/t15-,22+/m0/s1. The summed E-state index contributed by atoms with van der Waals surface area (Å²) >= 11 is 0. The van der Waals surface area contributed by atoms with Gasteiger partial charge in [0.25, 0.3) is 0 Å². The van der Waals surface area contributed by atoms with Crippen molar-refractivity contribution in [2.45, 2.75) is 41.1 Å². The molecule has 6 rings (SSSR count). The molecule has 2 bridgehead atoms. The zero-order valence-corrected chi connectivity index (χ0v) is 17.3. The number of fused-ring (bicyclic) bond motifs is 7. The van der Waals surface area contributed by atoms with E-state index in [1.165, 1.54) is 24.1 Å². The highest BCUT2D eigenvalue weighted by atomic mass is 32.2. The van der Waals surface area contributed by atoms with Crippen LogP contribution in [0.4, 0.5) is 0 Å². The molecule has 1 N–H and O–H groups in total. The molecule has 2 aromatic heterocycles. The van der Waals surface area contributed by atoms with Crippen LogP contribution >= 0.6 is 0 Å². The van der Waals surface area contributed by atoms with Crippen LogP contribution in [0.1, 0.15) is 30.1 Å². The zero-order chi connectivity index (χ0) is 19.9. The van der Waals surface area contributed by atoms with Gasteiger partial charge in [0.1, 0.15) is 0 Å². The van der Waals surface area contributed by atoms with Crippen molar-refractivity contribution in [1.82, 2.24) is 14.5 Å². The summed E-state index contributed by atoms with van der Waals surface area (Å²) < 4.78 is 29.0. The van der Waals surface area contributed by atoms with E-state index in [1.807, 2.05) is 30.5 Å². The quantitative estimate of drug-likeness (QED) is 0.544. The Morgan fingerprint density at radius 3 is 2.66 bits per heavy atom. The number of aromatic amines is 1. The second-order valence-corrected chi connectivity index (χ2v) is 10.4. The van der Waals surface area contributed by atoms with E-state index in [9.17, 15) is 8.42 Å². The minimum atomic E-state index is -3.57. The minimum Gasteiger partial charge on any atom is -0.361 e. The van der Waals surface area contributed by atoms with Crippen molar-refractivity contribution in [2.75, 3.05) is 7.05 Å². The van der Waals surface area contributed by atoms with Gasteiger partial charge in [-0.2, -0.15) is 0 Å². The second-order valence-electron chi connectivity index (χ2n) is 8.45. The summed E-state index contributed by atoms with van der Waals surface area (Å²) in [4.78, 5) is 6.32. The highest BCUT2D eigenvalue weighted by Gasteiger charge is 2.40. The van der Waals surface area contributed by atoms with E-state index in [-0.39, 0.29) is 0 Å². The number of benzene rings is 2. The molecule has 2 aliphatic heterocycles. The number of rotatable bonds is 2. The fraction of sp³-hybridized carbons (Fsp3) is 0.304. The fourth-order valence-corrected chi connectivity index (χ4v) is 6.81. The molecule has 2 atom stereocenters. The van der Waals surface area contributed by atoms with Crippen molar-refractivity contribution in [2.24, 2.45) is 7.05 Å². The maximum absolute atomic E-state index is 13.4. The van der Waals surface area contributed by atoms with Gasteiger partial charge in [0.2, 0.25) is 9.84 Å². The van der Waals surface area contributed by atoms with Crippen LogP contribution in [0.15, 0.2) is 58.5 Å². The van der Waals surface area contributed by atoms with E-state index >= 15 is 0 Å². The van der Waals surface area contributed by atoms with E-state index < -0.39 is 9.84 Å².